The molecule has 3 heterocycles. The average Bonchev–Trinajstić information content (AvgIpc) is 3.60. The fourth-order valence-corrected chi connectivity index (χ4v) is 5.75. The van der Waals surface area contributed by atoms with Crippen LogP contribution in [-0.4, -0.2) is 21.6 Å². The molecule has 5 nitrogen and oxygen atoms in total. The highest BCUT2D eigenvalue weighted by molar-refractivity contribution is 6.19. The summed E-state index contributed by atoms with van der Waals surface area (Å²) >= 11 is 0. The van der Waals surface area contributed by atoms with E-state index in [9.17, 15) is 0 Å². The van der Waals surface area contributed by atoms with Gasteiger partial charge in [0.05, 0.1) is 12.6 Å². The number of benzene rings is 5. The molecule has 0 saturated heterocycles. The molecule has 8 aromatic rings. The SMILES string of the molecule is COc1nccc2c1nc(-c1ccccc1)n2-c1ccc(-c2cc3c4ccccc4oc3c3ccccc23)cc1. The van der Waals surface area contributed by atoms with Crippen molar-refractivity contribution in [1.29, 1.82) is 0 Å². The first-order valence-electron chi connectivity index (χ1n) is 13.2. The van der Waals surface area contributed by atoms with Crippen molar-refractivity contribution in [1.82, 2.24) is 14.5 Å². The number of hydrogen-bond acceptors (Lipinski definition) is 4. The molecule has 0 aliphatic heterocycles. The van der Waals surface area contributed by atoms with Crippen LogP contribution in [-0.2, 0) is 0 Å². The molecule has 5 heteroatoms. The lowest BCUT2D eigenvalue weighted by molar-refractivity contribution is 0.402. The minimum atomic E-state index is 0.511. The molecule has 8 rings (SSSR count). The molecule has 0 N–H and O–H groups in total. The van der Waals surface area contributed by atoms with Crippen molar-refractivity contribution < 1.29 is 9.15 Å². The van der Waals surface area contributed by atoms with E-state index in [0.29, 0.717) is 5.88 Å². The molecule has 0 aliphatic rings. The van der Waals surface area contributed by atoms with Crippen LogP contribution in [0.5, 0.6) is 5.88 Å². The lowest BCUT2D eigenvalue weighted by Gasteiger charge is -2.12. The Balaban J connectivity index is 1.34. The van der Waals surface area contributed by atoms with Crippen molar-refractivity contribution in [2.24, 2.45) is 0 Å². The Labute approximate surface area is 229 Å². The summed E-state index contributed by atoms with van der Waals surface area (Å²) in [5, 5.41) is 4.53. The number of ether oxygens (including phenoxy) is 1. The highest BCUT2D eigenvalue weighted by Gasteiger charge is 2.19. The van der Waals surface area contributed by atoms with Gasteiger partial charge in [-0.05, 0) is 46.8 Å². The third-order valence-corrected chi connectivity index (χ3v) is 7.59. The molecule has 0 amide bonds. The van der Waals surface area contributed by atoms with Crippen molar-refractivity contribution in [3.05, 3.63) is 121 Å². The van der Waals surface area contributed by atoms with Gasteiger partial charge >= 0.3 is 0 Å². The molecule has 0 unspecified atom stereocenters. The molecule has 0 atom stereocenters. The van der Waals surface area contributed by atoms with Crippen LogP contribution in [0.1, 0.15) is 0 Å². The number of pyridine rings is 1. The van der Waals surface area contributed by atoms with Crippen molar-refractivity contribution in [2.45, 2.75) is 0 Å². The van der Waals surface area contributed by atoms with Crippen molar-refractivity contribution in [2.75, 3.05) is 7.11 Å². The average molecular weight is 518 g/mol. The second-order valence-electron chi connectivity index (χ2n) is 9.82. The Kier molecular flexibility index (Phi) is 4.97. The number of imidazole rings is 1. The Morgan fingerprint density at radius 1 is 0.675 bits per heavy atom. The van der Waals surface area contributed by atoms with Gasteiger partial charge in [0.2, 0.25) is 5.88 Å². The zero-order valence-electron chi connectivity index (χ0n) is 21.7. The molecule has 0 saturated carbocycles. The number of methoxy groups -OCH3 is 1. The summed E-state index contributed by atoms with van der Waals surface area (Å²) in [5.41, 5.74) is 7.84. The zero-order valence-corrected chi connectivity index (χ0v) is 21.7. The summed E-state index contributed by atoms with van der Waals surface area (Å²) in [6.07, 6.45) is 1.76. The standard InChI is InChI=1S/C35H23N3O2/c1-39-35-32-30(19-20-36-35)38(34(37-32)23-9-3-2-4-10-23)24-17-15-22(16-18-24)28-21-29-26-12-7-8-14-31(26)40-33(29)27-13-6-5-11-25(27)28/h2-21H,1H3. The van der Waals surface area contributed by atoms with E-state index >= 15 is 0 Å². The van der Waals surface area contributed by atoms with Gasteiger partial charge < -0.3 is 9.15 Å². The van der Waals surface area contributed by atoms with Gasteiger partial charge in [-0.1, -0.05) is 84.9 Å². The topological polar surface area (TPSA) is 53.1 Å². The van der Waals surface area contributed by atoms with Gasteiger partial charge in [0.25, 0.3) is 0 Å². The van der Waals surface area contributed by atoms with E-state index in [1.54, 1.807) is 13.3 Å². The lowest BCUT2D eigenvalue weighted by Crippen LogP contribution is -1.98. The normalized spacial score (nSPS) is 11.6. The van der Waals surface area contributed by atoms with E-state index in [1.807, 2.05) is 36.4 Å². The van der Waals surface area contributed by atoms with Crippen LogP contribution in [0, 0.1) is 0 Å². The lowest BCUT2D eigenvalue weighted by atomic mass is 9.95. The van der Waals surface area contributed by atoms with Crippen molar-refractivity contribution in [3.63, 3.8) is 0 Å². The number of para-hydroxylation sites is 1. The summed E-state index contributed by atoms with van der Waals surface area (Å²) < 4.78 is 14.0. The maximum absolute atomic E-state index is 6.31. The quantitative estimate of drug-likeness (QED) is 0.234. The number of furan rings is 1. The first kappa shape index (κ1) is 22.6. The van der Waals surface area contributed by atoms with E-state index in [2.05, 4.69) is 88.4 Å². The van der Waals surface area contributed by atoms with E-state index < -0.39 is 0 Å². The van der Waals surface area contributed by atoms with Gasteiger partial charge in [0, 0.05) is 33.6 Å². The number of hydrogen-bond donors (Lipinski definition) is 0. The van der Waals surface area contributed by atoms with Crippen LogP contribution < -0.4 is 4.74 Å². The molecule has 0 radical (unpaired) electrons. The molecule has 0 spiro atoms. The molecule has 0 aliphatic carbocycles. The first-order valence-corrected chi connectivity index (χ1v) is 13.2. The number of aromatic nitrogens is 3. The number of rotatable bonds is 4. The van der Waals surface area contributed by atoms with Gasteiger partial charge in [0.1, 0.15) is 17.0 Å². The second-order valence-corrected chi connectivity index (χ2v) is 9.82. The third-order valence-electron chi connectivity index (χ3n) is 7.59. The fraction of sp³-hybridized carbons (Fsp3) is 0.0286. The minimum Gasteiger partial charge on any atom is -0.479 e. The molecule has 0 bridgehead atoms. The van der Waals surface area contributed by atoms with E-state index in [0.717, 1.165) is 66.4 Å². The van der Waals surface area contributed by atoms with Gasteiger partial charge in [-0.3, -0.25) is 4.57 Å². The fourth-order valence-electron chi connectivity index (χ4n) is 5.75. The van der Waals surface area contributed by atoms with Crippen LogP contribution in [0.4, 0.5) is 0 Å². The molecule has 190 valence electrons. The smallest absolute Gasteiger partial charge is 0.241 e. The Hall–Kier alpha value is -5.42. The van der Waals surface area contributed by atoms with Gasteiger partial charge in [-0.25, -0.2) is 9.97 Å². The van der Waals surface area contributed by atoms with Gasteiger partial charge in [-0.2, -0.15) is 0 Å². The van der Waals surface area contributed by atoms with Crippen LogP contribution in [0.25, 0.3) is 71.9 Å². The number of nitrogens with zero attached hydrogens (tertiary/aromatic N) is 3. The summed E-state index contributed by atoms with van der Waals surface area (Å²) in [7, 11) is 1.63. The molecule has 3 aromatic heterocycles. The third kappa shape index (κ3) is 3.34. The largest absolute Gasteiger partial charge is 0.479 e. The van der Waals surface area contributed by atoms with Crippen molar-refractivity contribution >= 4 is 43.7 Å². The van der Waals surface area contributed by atoms with Gasteiger partial charge in [-0.15, -0.1) is 0 Å². The maximum Gasteiger partial charge on any atom is 0.241 e. The molecule has 0 fully saturated rings. The molecular weight excluding hydrogens is 494 g/mol. The van der Waals surface area contributed by atoms with Crippen LogP contribution in [0.15, 0.2) is 126 Å². The van der Waals surface area contributed by atoms with E-state index in [-0.39, 0.29) is 0 Å². The van der Waals surface area contributed by atoms with Crippen LogP contribution in [0.3, 0.4) is 0 Å². The zero-order chi connectivity index (χ0) is 26.6. The molecule has 40 heavy (non-hydrogen) atoms. The minimum absolute atomic E-state index is 0.511. The highest BCUT2D eigenvalue weighted by atomic mass is 16.5. The predicted molar refractivity (Wildman–Crippen MR) is 161 cm³/mol. The Morgan fingerprint density at radius 2 is 1.40 bits per heavy atom. The summed E-state index contributed by atoms with van der Waals surface area (Å²) in [5.74, 6) is 1.35. The molecular formula is C35H23N3O2. The first-order chi connectivity index (χ1) is 19.8. The predicted octanol–water partition coefficient (Wildman–Crippen LogP) is 8.82. The molecule has 5 aromatic carbocycles. The van der Waals surface area contributed by atoms with Crippen LogP contribution in [0.2, 0.25) is 0 Å². The second kappa shape index (κ2) is 8.82. The van der Waals surface area contributed by atoms with Crippen LogP contribution >= 0.6 is 0 Å². The van der Waals surface area contributed by atoms with E-state index in [1.165, 1.54) is 5.56 Å². The van der Waals surface area contributed by atoms with E-state index in [4.69, 9.17) is 14.1 Å². The number of fused-ring (bicyclic) bond motifs is 6. The Bertz CT molecular complexity index is 2190. The summed E-state index contributed by atoms with van der Waals surface area (Å²) in [6.45, 7) is 0. The van der Waals surface area contributed by atoms with Crippen molar-refractivity contribution in [3.8, 4) is 34.1 Å². The van der Waals surface area contributed by atoms with Gasteiger partial charge in [0.15, 0.2) is 5.52 Å². The monoisotopic (exact) mass is 517 g/mol. The highest BCUT2D eigenvalue weighted by Crippen LogP contribution is 2.40. The summed E-state index contributed by atoms with van der Waals surface area (Å²) in [4.78, 5) is 9.36. The Morgan fingerprint density at radius 3 is 2.20 bits per heavy atom. The maximum atomic E-state index is 6.31. The summed E-state index contributed by atoms with van der Waals surface area (Å²) in [6, 6.07) is 39.8.